The van der Waals surface area contributed by atoms with E-state index in [-0.39, 0.29) is 17.6 Å². The highest BCUT2D eigenvalue weighted by molar-refractivity contribution is 7.09. The third-order valence-electron chi connectivity index (χ3n) is 3.45. The minimum Gasteiger partial charge on any atom is -0.394 e. The SMILES string of the molecule is CC(C)(C)c1nc(CNC2(CO)CCC2)cs1. The molecule has 0 radical (unpaired) electrons. The maximum Gasteiger partial charge on any atom is 0.0982 e. The van der Waals surface area contributed by atoms with Gasteiger partial charge in [0.05, 0.1) is 17.3 Å². The molecule has 1 saturated carbocycles. The summed E-state index contributed by atoms with van der Waals surface area (Å²) >= 11 is 1.73. The average Bonchev–Trinajstić information content (AvgIpc) is 2.65. The fourth-order valence-corrected chi connectivity index (χ4v) is 2.91. The normalized spacial score (nSPS) is 19.1. The highest BCUT2D eigenvalue weighted by atomic mass is 32.1. The topological polar surface area (TPSA) is 45.2 Å². The first-order valence-corrected chi connectivity index (χ1v) is 7.14. The molecule has 0 atom stereocenters. The Bertz CT molecular complexity index is 372. The summed E-state index contributed by atoms with van der Waals surface area (Å²) in [5.41, 5.74) is 1.21. The van der Waals surface area contributed by atoms with Crippen molar-refractivity contribution in [2.45, 2.75) is 57.5 Å². The Hall–Kier alpha value is -0.450. The molecule has 1 fully saturated rings. The highest BCUT2D eigenvalue weighted by Gasteiger charge is 2.35. The number of thiazole rings is 1. The van der Waals surface area contributed by atoms with Crippen LogP contribution in [0.2, 0.25) is 0 Å². The molecule has 1 aromatic rings. The number of aliphatic hydroxyl groups excluding tert-OH is 1. The zero-order valence-electron chi connectivity index (χ0n) is 10.9. The Balaban J connectivity index is 1.93. The molecule has 0 unspecified atom stereocenters. The van der Waals surface area contributed by atoms with E-state index in [4.69, 9.17) is 0 Å². The Kier molecular flexibility index (Phi) is 3.57. The van der Waals surface area contributed by atoms with Crippen LogP contribution in [0, 0.1) is 0 Å². The van der Waals surface area contributed by atoms with E-state index in [0.717, 1.165) is 25.1 Å². The van der Waals surface area contributed by atoms with Crippen molar-refractivity contribution in [2.24, 2.45) is 0 Å². The summed E-state index contributed by atoms with van der Waals surface area (Å²) in [5.74, 6) is 0. The largest absolute Gasteiger partial charge is 0.394 e. The van der Waals surface area contributed by atoms with Crippen molar-refractivity contribution in [2.75, 3.05) is 6.61 Å². The fourth-order valence-electron chi connectivity index (χ4n) is 2.01. The maximum atomic E-state index is 9.37. The van der Waals surface area contributed by atoms with Crippen LogP contribution < -0.4 is 5.32 Å². The quantitative estimate of drug-likeness (QED) is 0.867. The summed E-state index contributed by atoms with van der Waals surface area (Å²) in [5, 5.41) is 16.1. The van der Waals surface area contributed by atoms with E-state index in [2.05, 4.69) is 36.5 Å². The minimum absolute atomic E-state index is 0.0223. The van der Waals surface area contributed by atoms with Gasteiger partial charge in [-0.05, 0) is 19.3 Å². The number of aliphatic hydroxyl groups is 1. The van der Waals surface area contributed by atoms with Gasteiger partial charge in [-0.15, -0.1) is 11.3 Å². The lowest BCUT2D eigenvalue weighted by Crippen LogP contribution is -2.53. The van der Waals surface area contributed by atoms with Crippen LogP contribution in [0.15, 0.2) is 5.38 Å². The lowest BCUT2D eigenvalue weighted by Gasteiger charge is -2.41. The van der Waals surface area contributed by atoms with Gasteiger partial charge in [-0.1, -0.05) is 20.8 Å². The smallest absolute Gasteiger partial charge is 0.0982 e. The molecule has 0 saturated heterocycles. The number of hydrogen-bond donors (Lipinski definition) is 2. The van der Waals surface area contributed by atoms with Crippen LogP contribution in [0.5, 0.6) is 0 Å². The molecule has 96 valence electrons. The molecule has 1 aliphatic carbocycles. The molecule has 0 aromatic carbocycles. The summed E-state index contributed by atoms with van der Waals surface area (Å²) in [4.78, 5) is 4.65. The van der Waals surface area contributed by atoms with E-state index >= 15 is 0 Å². The third kappa shape index (κ3) is 2.87. The Morgan fingerprint density at radius 1 is 1.47 bits per heavy atom. The van der Waals surface area contributed by atoms with E-state index in [1.807, 2.05) is 0 Å². The molecule has 2 N–H and O–H groups in total. The maximum absolute atomic E-state index is 9.37. The van der Waals surface area contributed by atoms with Crippen molar-refractivity contribution in [3.63, 3.8) is 0 Å². The van der Waals surface area contributed by atoms with E-state index in [1.54, 1.807) is 11.3 Å². The lowest BCUT2D eigenvalue weighted by molar-refractivity contribution is 0.0869. The van der Waals surface area contributed by atoms with Crippen molar-refractivity contribution in [3.05, 3.63) is 16.1 Å². The van der Waals surface area contributed by atoms with Gasteiger partial charge in [-0.2, -0.15) is 0 Å². The molecule has 2 rings (SSSR count). The molecule has 0 amide bonds. The van der Waals surface area contributed by atoms with E-state index in [9.17, 15) is 5.11 Å². The summed E-state index contributed by atoms with van der Waals surface area (Å²) in [6, 6.07) is 0. The van der Waals surface area contributed by atoms with Gasteiger partial charge in [0, 0.05) is 22.9 Å². The van der Waals surface area contributed by atoms with Gasteiger partial charge in [0.15, 0.2) is 0 Å². The minimum atomic E-state index is -0.0223. The van der Waals surface area contributed by atoms with Crippen LogP contribution >= 0.6 is 11.3 Å². The van der Waals surface area contributed by atoms with Crippen LogP contribution in [0.4, 0.5) is 0 Å². The molecular formula is C13H22N2OS. The molecular weight excluding hydrogens is 232 g/mol. The zero-order valence-corrected chi connectivity index (χ0v) is 11.7. The van der Waals surface area contributed by atoms with Crippen molar-refractivity contribution in [1.29, 1.82) is 0 Å². The predicted octanol–water partition coefficient (Wildman–Crippen LogP) is 2.45. The summed E-state index contributed by atoms with van der Waals surface area (Å²) in [6.45, 7) is 7.56. The predicted molar refractivity (Wildman–Crippen MR) is 71.3 cm³/mol. The van der Waals surface area contributed by atoms with Gasteiger partial charge < -0.3 is 10.4 Å². The lowest BCUT2D eigenvalue weighted by atomic mass is 9.77. The van der Waals surface area contributed by atoms with Crippen molar-refractivity contribution >= 4 is 11.3 Å². The highest BCUT2D eigenvalue weighted by Crippen LogP contribution is 2.32. The summed E-state index contributed by atoms with van der Waals surface area (Å²) in [6.07, 6.45) is 3.39. The van der Waals surface area contributed by atoms with Crippen LogP contribution in [0.1, 0.15) is 50.7 Å². The molecule has 0 spiro atoms. The Morgan fingerprint density at radius 3 is 2.59 bits per heavy atom. The van der Waals surface area contributed by atoms with Crippen molar-refractivity contribution < 1.29 is 5.11 Å². The van der Waals surface area contributed by atoms with Crippen molar-refractivity contribution in [1.82, 2.24) is 10.3 Å². The molecule has 0 bridgehead atoms. The second kappa shape index (κ2) is 4.67. The van der Waals surface area contributed by atoms with Gasteiger partial charge in [0.25, 0.3) is 0 Å². The average molecular weight is 254 g/mol. The van der Waals surface area contributed by atoms with Gasteiger partial charge in [-0.3, -0.25) is 0 Å². The Labute approximate surface area is 107 Å². The molecule has 1 aromatic heterocycles. The molecule has 4 heteroatoms. The molecule has 3 nitrogen and oxygen atoms in total. The standard InChI is InChI=1S/C13H22N2OS/c1-12(2,3)11-15-10(8-17-11)7-14-13(9-16)5-4-6-13/h8,14,16H,4-7,9H2,1-3H3. The summed E-state index contributed by atoms with van der Waals surface area (Å²) in [7, 11) is 0. The third-order valence-corrected chi connectivity index (χ3v) is 4.77. The molecule has 1 heterocycles. The Morgan fingerprint density at radius 2 is 2.18 bits per heavy atom. The van der Waals surface area contributed by atoms with Crippen LogP contribution in [-0.2, 0) is 12.0 Å². The van der Waals surface area contributed by atoms with Crippen molar-refractivity contribution in [3.8, 4) is 0 Å². The van der Waals surface area contributed by atoms with Gasteiger partial charge in [0.1, 0.15) is 0 Å². The molecule has 0 aliphatic heterocycles. The van der Waals surface area contributed by atoms with E-state index in [1.165, 1.54) is 11.4 Å². The number of nitrogens with one attached hydrogen (secondary N) is 1. The first-order valence-electron chi connectivity index (χ1n) is 6.26. The van der Waals surface area contributed by atoms with Crippen LogP contribution in [0.3, 0.4) is 0 Å². The zero-order chi connectivity index (χ0) is 12.5. The fraction of sp³-hybridized carbons (Fsp3) is 0.769. The van der Waals surface area contributed by atoms with Crippen LogP contribution in [-0.4, -0.2) is 22.2 Å². The van der Waals surface area contributed by atoms with Crippen LogP contribution in [0.25, 0.3) is 0 Å². The number of rotatable bonds is 4. The van der Waals surface area contributed by atoms with E-state index < -0.39 is 0 Å². The first kappa shape index (κ1) is 13.0. The van der Waals surface area contributed by atoms with Gasteiger partial charge >= 0.3 is 0 Å². The first-order chi connectivity index (χ1) is 7.95. The summed E-state index contributed by atoms with van der Waals surface area (Å²) < 4.78 is 0. The second-order valence-electron chi connectivity index (χ2n) is 6.04. The van der Waals surface area contributed by atoms with Gasteiger partial charge in [0.2, 0.25) is 0 Å². The number of aromatic nitrogens is 1. The van der Waals surface area contributed by atoms with Gasteiger partial charge in [-0.25, -0.2) is 4.98 Å². The number of hydrogen-bond acceptors (Lipinski definition) is 4. The molecule has 17 heavy (non-hydrogen) atoms. The number of nitrogens with zero attached hydrogens (tertiary/aromatic N) is 1. The molecule has 1 aliphatic rings. The monoisotopic (exact) mass is 254 g/mol. The second-order valence-corrected chi connectivity index (χ2v) is 6.90. The van der Waals surface area contributed by atoms with E-state index in [0.29, 0.717) is 0 Å².